The predicted molar refractivity (Wildman–Crippen MR) is 123 cm³/mol. The standard InChI is InChI=1S/C12H40O6Si7/c1-19(2)13-23(7,8)16-22(17-24(9,10)14-20(3)4)18-25(11,12)15-21(5)6/h19-22H,1-12H3. The molecule has 0 aliphatic rings. The van der Waals surface area contributed by atoms with Crippen molar-refractivity contribution in [2.24, 2.45) is 0 Å². The van der Waals surface area contributed by atoms with Crippen molar-refractivity contribution in [1.29, 1.82) is 0 Å². The van der Waals surface area contributed by atoms with Crippen LogP contribution in [0.3, 0.4) is 0 Å². The highest BCUT2D eigenvalue weighted by molar-refractivity contribution is 6.84. The number of rotatable bonds is 12. The van der Waals surface area contributed by atoms with Crippen molar-refractivity contribution in [2.75, 3.05) is 0 Å². The minimum atomic E-state index is -2.41. The second kappa shape index (κ2) is 10.7. The van der Waals surface area contributed by atoms with Gasteiger partial charge < -0.3 is 24.7 Å². The van der Waals surface area contributed by atoms with Gasteiger partial charge in [-0.1, -0.05) is 0 Å². The Hall–Kier alpha value is 1.28. The lowest BCUT2D eigenvalue weighted by Crippen LogP contribution is -2.56. The van der Waals surface area contributed by atoms with Gasteiger partial charge in [0.25, 0.3) is 0 Å². The summed E-state index contributed by atoms with van der Waals surface area (Å²) in [6.45, 7) is 25.4. The average molecular weight is 477 g/mol. The van der Waals surface area contributed by atoms with Gasteiger partial charge in [0.15, 0.2) is 27.1 Å². The number of hydrogen-bond donors (Lipinski definition) is 0. The fraction of sp³-hybridized carbons (Fsp3) is 1.00. The summed E-state index contributed by atoms with van der Waals surface area (Å²) in [6, 6.07) is 0. The van der Waals surface area contributed by atoms with Gasteiger partial charge in [-0.3, -0.25) is 0 Å². The molecule has 0 amide bonds. The SMILES string of the molecule is C[SiH](C)O[Si](C)(C)O[SiH](O[Si](C)(C)O[SiH](C)C)O[Si](C)(C)O[SiH](C)C. The van der Waals surface area contributed by atoms with Gasteiger partial charge in [0, 0.05) is 0 Å². The Morgan fingerprint density at radius 3 is 0.760 bits per heavy atom. The summed E-state index contributed by atoms with van der Waals surface area (Å²) in [5.41, 5.74) is 0. The second-order valence-corrected chi connectivity index (χ2v) is 29.3. The fourth-order valence-electron chi connectivity index (χ4n) is 2.55. The van der Waals surface area contributed by atoms with Crippen molar-refractivity contribution in [3.05, 3.63) is 0 Å². The van der Waals surface area contributed by atoms with Crippen LogP contribution in [0, 0.1) is 0 Å². The largest absolute Gasteiger partial charge is 0.457 e. The van der Waals surface area contributed by atoms with Gasteiger partial charge in [0.2, 0.25) is 0 Å². The topological polar surface area (TPSA) is 55.4 Å². The first-order valence-electron chi connectivity index (χ1n) is 9.10. The molecule has 0 heterocycles. The summed E-state index contributed by atoms with van der Waals surface area (Å²) in [6.07, 6.45) is 0. The molecule has 6 nitrogen and oxygen atoms in total. The molecule has 0 bridgehead atoms. The molecule has 0 aliphatic heterocycles. The normalized spacial score (nSPS) is 14.4. The summed E-state index contributed by atoms with van der Waals surface area (Å²) in [5.74, 6) is 0. The Kier molecular flexibility index (Phi) is 11.3. The van der Waals surface area contributed by atoms with E-state index in [0.29, 0.717) is 0 Å². The van der Waals surface area contributed by atoms with E-state index < -0.39 is 62.3 Å². The van der Waals surface area contributed by atoms with E-state index in [1.807, 2.05) is 0 Å². The highest BCUT2D eigenvalue weighted by atomic mass is 28.5. The molecule has 0 saturated heterocycles. The van der Waals surface area contributed by atoms with Gasteiger partial charge in [0.1, 0.15) is 0 Å². The highest BCUT2D eigenvalue weighted by Gasteiger charge is 2.42. The third-order valence-electron chi connectivity index (χ3n) is 2.70. The Balaban J connectivity index is 5.23. The van der Waals surface area contributed by atoms with E-state index in [2.05, 4.69) is 78.6 Å². The summed E-state index contributed by atoms with van der Waals surface area (Å²) >= 11 is 0. The maximum atomic E-state index is 6.37. The van der Waals surface area contributed by atoms with Crippen LogP contribution in [0.2, 0.25) is 78.6 Å². The highest BCUT2D eigenvalue weighted by Crippen LogP contribution is 2.20. The zero-order valence-corrected chi connectivity index (χ0v) is 25.9. The van der Waals surface area contributed by atoms with Crippen LogP contribution in [-0.4, -0.2) is 62.3 Å². The van der Waals surface area contributed by atoms with Crippen LogP contribution in [0.15, 0.2) is 0 Å². The molecule has 0 aromatic heterocycles. The molecular weight excluding hydrogens is 437 g/mol. The molecule has 0 saturated carbocycles. The lowest BCUT2D eigenvalue weighted by Gasteiger charge is -2.37. The van der Waals surface area contributed by atoms with Crippen LogP contribution in [0.1, 0.15) is 0 Å². The van der Waals surface area contributed by atoms with Crippen LogP contribution in [0.25, 0.3) is 0 Å². The van der Waals surface area contributed by atoms with E-state index in [4.69, 9.17) is 24.7 Å². The molecule has 0 N–H and O–H groups in total. The molecule has 0 radical (unpaired) electrons. The monoisotopic (exact) mass is 476 g/mol. The van der Waals surface area contributed by atoms with E-state index in [0.717, 1.165) is 0 Å². The number of hydrogen-bond acceptors (Lipinski definition) is 6. The molecule has 152 valence electrons. The summed E-state index contributed by atoms with van der Waals surface area (Å²) in [4.78, 5) is 0. The lowest BCUT2D eigenvalue weighted by molar-refractivity contribution is 0.230. The summed E-state index contributed by atoms with van der Waals surface area (Å²) < 4.78 is 37.6. The lowest BCUT2D eigenvalue weighted by atomic mass is 11.9. The first-order valence-corrected chi connectivity index (χ1v) is 27.3. The molecular formula is C12H40O6Si7. The molecule has 0 aromatic rings. The van der Waals surface area contributed by atoms with Crippen molar-refractivity contribution in [2.45, 2.75) is 78.6 Å². The molecule has 0 aromatic carbocycles. The van der Waals surface area contributed by atoms with Gasteiger partial charge in [-0.25, -0.2) is 0 Å². The minimum Gasteiger partial charge on any atom is -0.439 e. The summed E-state index contributed by atoms with van der Waals surface area (Å²) in [7, 11) is -12.8. The third-order valence-corrected chi connectivity index (χ3v) is 24.3. The minimum absolute atomic E-state index is 1.19. The van der Waals surface area contributed by atoms with Gasteiger partial charge in [-0.05, 0) is 78.6 Å². The summed E-state index contributed by atoms with van der Waals surface area (Å²) in [5, 5.41) is 0. The first kappa shape index (κ1) is 26.3. The van der Waals surface area contributed by atoms with Gasteiger partial charge in [-0.2, -0.15) is 0 Å². The fourth-order valence-corrected chi connectivity index (χ4v) is 25.8. The third kappa shape index (κ3) is 14.0. The molecule has 0 unspecified atom stereocenters. The Morgan fingerprint density at radius 2 is 0.600 bits per heavy atom. The Morgan fingerprint density at radius 1 is 0.400 bits per heavy atom. The van der Waals surface area contributed by atoms with Gasteiger partial charge in [-0.15, -0.1) is 0 Å². The van der Waals surface area contributed by atoms with E-state index in [1.54, 1.807) is 0 Å². The maximum Gasteiger partial charge on any atom is 0.457 e. The van der Waals surface area contributed by atoms with Gasteiger partial charge >= 0.3 is 35.2 Å². The molecule has 0 fully saturated rings. The van der Waals surface area contributed by atoms with E-state index >= 15 is 0 Å². The molecule has 13 heteroatoms. The van der Waals surface area contributed by atoms with Crippen molar-refractivity contribution in [1.82, 2.24) is 0 Å². The first-order chi connectivity index (χ1) is 11.0. The molecule has 0 spiro atoms. The Labute approximate surface area is 165 Å². The van der Waals surface area contributed by atoms with E-state index in [1.165, 1.54) is 0 Å². The van der Waals surface area contributed by atoms with Crippen molar-refractivity contribution < 1.29 is 24.7 Å². The van der Waals surface area contributed by atoms with Crippen molar-refractivity contribution in [3.8, 4) is 0 Å². The van der Waals surface area contributed by atoms with Crippen LogP contribution < -0.4 is 0 Å². The predicted octanol–water partition coefficient (Wildman–Crippen LogP) is 2.86. The molecule has 0 rings (SSSR count). The van der Waals surface area contributed by atoms with Crippen LogP contribution in [-0.2, 0) is 24.7 Å². The Bertz CT molecular complexity index is 335. The quantitative estimate of drug-likeness (QED) is 0.404. The zero-order chi connectivity index (χ0) is 20.1. The molecule has 0 atom stereocenters. The van der Waals surface area contributed by atoms with E-state index in [9.17, 15) is 0 Å². The van der Waals surface area contributed by atoms with Crippen LogP contribution >= 0.6 is 0 Å². The van der Waals surface area contributed by atoms with Crippen LogP contribution in [0.4, 0.5) is 0 Å². The van der Waals surface area contributed by atoms with E-state index in [-0.39, 0.29) is 0 Å². The van der Waals surface area contributed by atoms with Crippen LogP contribution in [0.5, 0.6) is 0 Å². The molecule has 25 heavy (non-hydrogen) atoms. The van der Waals surface area contributed by atoms with Crippen molar-refractivity contribution in [3.63, 3.8) is 0 Å². The van der Waals surface area contributed by atoms with Crippen molar-refractivity contribution >= 4 is 62.3 Å². The smallest absolute Gasteiger partial charge is 0.439 e. The maximum absolute atomic E-state index is 6.37. The molecule has 0 aliphatic carbocycles. The van der Waals surface area contributed by atoms with Gasteiger partial charge in [0.05, 0.1) is 0 Å². The second-order valence-electron chi connectivity index (χ2n) is 8.34. The zero-order valence-electron chi connectivity index (χ0n) is 18.3. The average Bonchev–Trinajstić information content (AvgIpc) is 2.18.